The fraction of sp³-hybridized carbons (Fsp3) is 0.269. The van der Waals surface area contributed by atoms with Gasteiger partial charge in [-0.2, -0.15) is 0 Å². The Hall–Kier alpha value is -3.47. The number of carbonyl (C=O) groups excluding carboxylic acids is 1. The fourth-order valence-corrected chi connectivity index (χ4v) is 3.45. The van der Waals surface area contributed by atoms with Gasteiger partial charge in [-0.3, -0.25) is 0 Å². The van der Waals surface area contributed by atoms with Crippen molar-refractivity contribution in [3.63, 3.8) is 0 Å². The van der Waals surface area contributed by atoms with Crippen LogP contribution in [0.3, 0.4) is 0 Å². The number of nitrogens with one attached hydrogen (secondary N) is 1. The van der Waals surface area contributed by atoms with Gasteiger partial charge in [0.05, 0.1) is 26.4 Å². The van der Waals surface area contributed by atoms with Crippen molar-refractivity contribution in [2.24, 2.45) is 0 Å². The van der Waals surface area contributed by atoms with E-state index in [2.05, 4.69) is 41.7 Å². The zero-order chi connectivity index (χ0) is 22.1. The molecule has 3 aromatic carbocycles. The molecule has 0 spiro atoms. The lowest BCUT2D eigenvalue weighted by Gasteiger charge is -2.21. The van der Waals surface area contributed by atoms with Crippen LogP contribution in [0.4, 0.5) is 5.69 Å². The summed E-state index contributed by atoms with van der Waals surface area (Å²) >= 11 is 0. The van der Waals surface area contributed by atoms with E-state index < -0.39 is 0 Å². The molecule has 0 saturated carbocycles. The number of methoxy groups -OCH3 is 2. The van der Waals surface area contributed by atoms with E-state index >= 15 is 0 Å². The number of benzene rings is 3. The zero-order valence-electron chi connectivity index (χ0n) is 18.3. The van der Waals surface area contributed by atoms with Crippen LogP contribution < -0.4 is 14.8 Å². The highest BCUT2D eigenvalue weighted by Gasteiger charge is 2.16. The first-order valence-corrected chi connectivity index (χ1v) is 10.4. The minimum Gasteiger partial charge on any atom is -0.497 e. The molecule has 0 fully saturated rings. The predicted molar refractivity (Wildman–Crippen MR) is 123 cm³/mol. The van der Waals surface area contributed by atoms with Gasteiger partial charge >= 0.3 is 5.97 Å². The van der Waals surface area contributed by atoms with E-state index in [0.717, 1.165) is 29.2 Å². The van der Waals surface area contributed by atoms with Crippen molar-refractivity contribution in [2.75, 3.05) is 32.7 Å². The van der Waals surface area contributed by atoms with Crippen molar-refractivity contribution in [1.29, 1.82) is 0 Å². The Morgan fingerprint density at radius 1 is 0.903 bits per heavy atom. The summed E-state index contributed by atoms with van der Waals surface area (Å²) < 4.78 is 16.0. The number of carbonyl (C=O) groups is 1. The Kier molecular flexibility index (Phi) is 7.93. The lowest BCUT2D eigenvalue weighted by Crippen LogP contribution is -2.16. The minimum atomic E-state index is -0.306. The van der Waals surface area contributed by atoms with Crippen LogP contribution in [0.15, 0.2) is 72.8 Å². The fourth-order valence-electron chi connectivity index (χ4n) is 3.45. The van der Waals surface area contributed by atoms with Gasteiger partial charge in [0, 0.05) is 24.2 Å². The molecule has 0 aliphatic carbocycles. The standard InChI is InChI=1S/C26H29NO4/c1-4-31-26(28)20-10-12-23(13-11-20)27-18-22(14-19-8-6-5-7-9-19)21-15-24(29-2)17-25(16-21)30-3/h5-13,15-17,22,27H,4,14,18H2,1-3H3. The summed E-state index contributed by atoms with van der Waals surface area (Å²) in [7, 11) is 3.32. The lowest BCUT2D eigenvalue weighted by molar-refractivity contribution is 0.0526. The van der Waals surface area contributed by atoms with Crippen LogP contribution in [0.5, 0.6) is 11.5 Å². The summed E-state index contributed by atoms with van der Waals surface area (Å²) in [5.41, 5.74) is 3.89. The molecule has 162 valence electrons. The molecule has 3 aromatic rings. The third kappa shape index (κ3) is 6.25. The Morgan fingerprint density at radius 3 is 2.13 bits per heavy atom. The van der Waals surface area contributed by atoms with E-state index in [-0.39, 0.29) is 11.9 Å². The quantitative estimate of drug-likeness (QED) is 0.451. The molecular formula is C26H29NO4. The van der Waals surface area contributed by atoms with Crippen LogP contribution in [-0.4, -0.2) is 33.3 Å². The van der Waals surface area contributed by atoms with E-state index in [1.165, 1.54) is 5.56 Å². The first-order valence-electron chi connectivity index (χ1n) is 10.4. The molecule has 0 heterocycles. The minimum absolute atomic E-state index is 0.191. The van der Waals surface area contributed by atoms with Crippen LogP contribution in [0.25, 0.3) is 0 Å². The Balaban J connectivity index is 1.80. The molecular weight excluding hydrogens is 390 g/mol. The summed E-state index contributed by atoms with van der Waals surface area (Å²) in [6.07, 6.45) is 0.866. The number of rotatable bonds is 10. The topological polar surface area (TPSA) is 56.8 Å². The second kappa shape index (κ2) is 11.1. The summed E-state index contributed by atoms with van der Waals surface area (Å²) in [4.78, 5) is 11.9. The van der Waals surface area contributed by atoms with Gasteiger partial charge in [-0.1, -0.05) is 30.3 Å². The molecule has 0 aromatic heterocycles. The van der Waals surface area contributed by atoms with Gasteiger partial charge in [0.1, 0.15) is 11.5 Å². The smallest absolute Gasteiger partial charge is 0.338 e. The van der Waals surface area contributed by atoms with E-state index in [1.54, 1.807) is 33.3 Å². The highest BCUT2D eigenvalue weighted by Crippen LogP contribution is 2.30. The van der Waals surface area contributed by atoms with Crippen molar-refractivity contribution in [3.05, 3.63) is 89.5 Å². The highest BCUT2D eigenvalue weighted by atomic mass is 16.5. The Morgan fingerprint density at radius 2 is 1.55 bits per heavy atom. The zero-order valence-corrected chi connectivity index (χ0v) is 18.3. The molecule has 5 nitrogen and oxygen atoms in total. The molecule has 1 N–H and O–H groups in total. The summed E-state index contributed by atoms with van der Waals surface area (Å²) in [5, 5.41) is 3.50. The number of anilines is 1. The van der Waals surface area contributed by atoms with Crippen LogP contribution in [0.2, 0.25) is 0 Å². The third-order valence-corrected chi connectivity index (χ3v) is 5.12. The SMILES string of the molecule is CCOC(=O)c1ccc(NCC(Cc2ccccc2)c2cc(OC)cc(OC)c2)cc1. The molecule has 1 unspecified atom stereocenters. The Labute approximate surface area is 184 Å². The average molecular weight is 420 g/mol. The van der Waals surface area contributed by atoms with Gasteiger partial charge in [-0.15, -0.1) is 0 Å². The molecule has 0 bridgehead atoms. The van der Waals surface area contributed by atoms with E-state index in [9.17, 15) is 4.79 Å². The lowest BCUT2D eigenvalue weighted by atomic mass is 9.91. The molecule has 0 aliphatic rings. The number of esters is 1. The predicted octanol–water partition coefficient (Wildman–Crippen LogP) is 5.32. The van der Waals surface area contributed by atoms with Crippen molar-refractivity contribution in [1.82, 2.24) is 0 Å². The number of hydrogen-bond donors (Lipinski definition) is 1. The van der Waals surface area contributed by atoms with Gasteiger partial charge in [-0.25, -0.2) is 4.79 Å². The van der Waals surface area contributed by atoms with E-state index in [1.807, 2.05) is 24.3 Å². The maximum atomic E-state index is 11.9. The second-order valence-electron chi connectivity index (χ2n) is 7.21. The molecule has 3 rings (SSSR count). The van der Waals surface area contributed by atoms with Gasteiger partial charge in [0.2, 0.25) is 0 Å². The first kappa shape index (κ1) is 22.2. The summed E-state index contributed by atoms with van der Waals surface area (Å²) in [6, 6.07) is 23.8. The maximum absolute atomic E-state index is 11.9. The average Bonchev–Trinajstić information content (AvgIpc) is 2.82. The van der Waals surface area contributed by atoms with Gasteiger partial charge < -0.3 is 19.5 Å². The largest absolute Gasteiger partial charge is 0.497 e. The molecule has 5 heteroatoms. The summed E-state index contributed by atoms with van der Waals surface area (Å²) in [6.45, 7) is 2.88. The van der Waals surface area contributed by atoms with Crippen LogP contribution in [0, 0.1) is 0 Å². The normalized spacial score (nSPS) is 11.5. The van der Waals surface area contributed by atoms with Crippen molar-refractivity contribution in [2.45, 2.75) is 19.3 Å². The second-order valence-corrected chi connectivity index (χ2v) is 7.21. The van der Waals surface area contributed by atoms with Crippen molar-refractivity contribution >= 4 is 11.7 Å². The maximum Gasteiger partial charge on any atom is 0.338 e. The Bertz CT molecular complexity index is 948. The molecule has 0 radical (unpaired) electrons. The van der Waals surface area contributed by atoms with Crippen LogP contribution >= 0.6 is 0 Å². The van der Waals surface area contributed by atoms with Gasteiger partial charge in [-0.05, 0) is 60.9 Å². The highest BCUT2D eigenvalue weighted by molar-refractivity contribution is 5.89. The molecule has 0 aliphatic heterocycles. The van der Waals surface area contributed by atoms with E-state index in [0.29, 0.717) is 18.7 Å². The number of ether oxygens (including phenoxy) is 3. The molecule has 31 heavy (non-hydrogen) atoms. The first-order chi connectivity index (χ1) is 15.1. The van der Waals surface area contributed by atoms with Crippen molar-refractivity contribution in [3.8, 4) is 11.5 Å². The van der Waals surface area contributed by atoms with Gasteiger partial charge in [0.25, 0.3) is 0 Å². The monoisotopic (exact) mass is 419 g/mol. The number of hydrogen-bond acceptors (Lipinski definition) is 5. The van der Waals surface area contributed by atoms with Gasteiger partial charge in [0.15, 0.2) is 0 Å². The van der Waals surface area contributed by atoms with Crippen LogP contribution in [0.1, 0.15) is 34.3 Å². The van der Waals surface area contributed by atoms with Crippen LogP contribution in [-0.2, 0) is 11.2 Å². The summed E-state index contributed by atoms with van der Waals surface area (Å²) in [5.74, 6) is 1.42. The molecule has 0 amide bonds. The molecule has 0 saturated heterocycles. The third-order valence-electron chi connectivity index (χ3n) is 5.12. The van der Waals surface area contributed by atoms with E-state index in [4.69, 9.17) is 14.2 Å². The molecule has 1 atom stereocenters. The van der Waals surface area contributed by atoms with Crippen molar-refractivity contribution < 1.29 is 19.0 Å².